The number of amides is 1. The molecule has 0 saturated carbocycles. The smallest absolute Gasteiger partial charge is 0.267 e. The third kappa shape index (κ3) is 4.66. The van der Waals surface area contributed by atoms with Crippen LogP contribution in [0.15, 0.2) is 48.5 Å². The van der Waals surface area contributed by atoms with Crippen molar-refractivity contribution in [1.82, 2.24) is 9.88 Å². The molecule has 4 nitrogen and oxygen atoms in total. The van der Waals surface area contributed by atoms with Crippen LogP contribution in [0, 0.1) is 6.92 Å². The number of methoxy groups -OCH3 is 1. The van der Waals surface area contributed by atoms with Crippen LogP contribution >= 0.6 is 11.8 Å². The average Bonchev–Trinajstić information content (AvgIpc) is 3.01. The Balaban J connectivity index is 1.47. The van der Waals surface area contributed by atoms with E-state index in [1.54, 1.807) is 7.11 Å². The van der Waals surface area contributed by atoms with E-state index in [2.05, 4.69) is 36.5 Å². The Labute approximate surface area is 164 Å². The number of aromatic nitrogens is 1. The normalized spacial score (nSPS) is 10.9. The molecule has 0 saturated heterocycles. The quantitative estimate of drug-likeness (QED) is 0.581. The molecule has 0 bridgehead atoms. The van der Waals surface area contributed by atoms with Gasteiger partial charge in [0.05, 0.1) is 12.6 Å². The molecule has 0 spiro atoms. The lowest BCUT2D eigenvalue weighted by atomic mass is 10.1. The number of aryl methyl sites for hydroxylation is 2. The average molecular weight is 383 g/mol. The largest absolute Gasteiger partial charge is 0.497 e. The fourth-order valence-electron chi connectivity index (χ4n) is 3.08. The van der Waals surface area contributed by atoms with E-state index in [1.807, 2.05) is 47.6 Å². The molecule has 27 heavy (non-hydrogen) atoms. The highest BCUT2D eigenvalue weighted by molar-refractivity contribution is 7.98. The Bertz CT molecular complexity index is 933. The van der Waals surface area contributed by atoms with Crippen molar-refractivity contribution < 1.29 is 9.53 Å². The molecule has 2 aromatic carbocycles. The summed E-state index contributed by atoms with van der Waals surface area (Å²) in [6.07, 6.45) is 0.958. The van der Waals surface area contributed by atoms with Crippen LogP contribution < -0.4 is 10.1 Å². The number of nitrogens with zero attached hydrogens (tertiary/aromatic N) is 1. The third-order valence-electron chi connectivity index (χ3n) is 4.76. The van der Waals surface area contributed by atoms with Gasteiger partial charge in [-0.25, -0.2) is 0 Å². The van der Waals surface area contributed by atoms with Crippen LogP contribution in [0.1, 0.15) is 28.0 Å². The number of carbonyl (C=O) groups is 1. The Morgan fingerprint density at radius 1 is 1.19 bits per heavy atom. The minimum Gasteiger partial charge on any atom is -0.497 e. The highest BCUT2D eigenvalue weighted by Crippen LogP contribution is 2.23. The lowest BCUT2D eigenvalue weighted by molar-refractivity contribution is 0.0946. The molecule has 0 unspecified atom stereocenters. The van der Waals surface area contributed by atoms with Gasteiger partial charge in [0, 0.05) is 30.8 Å². The van der Waals surface area contributed by atoms with Gasteiger partial charge >= 0.3 is 0 Å². The number of hydrogen-bond donors (Lipinski definition) is 1. The first-order valence-corrected chi connectivity index (χ1v) is 10.3. The van der Waals surface area contributed by atoms with Crippen molar-refractivity contribution in [3.63, 3.8) is 0 Å². The zero-order chi connectivity index (χ0) is 19.2. The monoisotopic (exact) mass is 382 g/mol. The third-order valence-corrected chi connectivity index (χ3v) is 5.85. The Kier molecular flexibility index (Phi) is 6.45. The first-order chi connectivity index (χ1) is 13.1. The van der Waals surface area contributed by atoms with E-state index in [4.69, 9.17) is 4.74 Å². The first-order valence-electron chi connectivity index (χ1n) is 9.14. The maximum absolute atomic E-state index is 12.5. The van der Waals surface area contributed by atoms with E-state index in [9.17, 15) is 4.79 Å². The zero-order valence-electron chi connectivity index (χ0n) is 16.1. The zero-order valence-corrected chi connectivity index (χ0v) is 16.9. The van der Waals surface area contributed by atoms with Gasteiger partial charge in [0.1, 0.15) is 11.4 Å². The highest BCUT2D eigenvalue weighted by atomic mass is 32.2. The topological polar surface area (TPSA) is 43.3 Å². The van der Waals surface area contributed by atoms with E-state index in [0.717, 1.165) is 34.6 Å². The molecule has 1 amide bonds. The van der Waals surface area contributed by atoms with Gasteiger partial charge in [0.15, 0.2) is 0 Å². The number of thioether (sulfide) groups is 1. The van der Waals surface area contributed by atoms with Crippen molar-refractivity contribution >= 4 is 28.6 Å². The number of ether oxygens (including phenoxy) is 1. The van der Waals surface area contributed by atoms with Gasteiger partial charge in [-0.3, -0.25) is 4.79 Å². The Hall–Kier alpha value is -2.40. The van der Waals surface area contributed by atoms with Crippen LogP contribution in [0.25, 0.3) is 10.9 Å². The summed E-state index contributed by atoms with van der Waals surface area (Å²) in [6, 6.07) is 16.3. The van der Waals surface area contributed by atoms with Gasteiger partial charge in [0.25, 0.3) is 5.91 Å². The number of nitrogens with one attached hydrogen (secondary N) is 1. The summed E-state index contributed by atoms with van der Waals surface area (Å²) in [5, 5.41) is 4.07. The van der Waals surface area contributed by atoms with E-state index in [0.29, 0.717) is 12.2 Å². The van der Waals surface area contributed by atoms with Crippen molar-refractivity contribution in [2.24, 2.45) is 7.05 Å². The molecule has 3 aromatic rings. The van der Waals surface area contributed by atoms with Gasteiger partial charge in [0.2, 0.25) is 0 Å². The molecule has 1 heterocycles. The molecule has 0 aliphatic heterocycles. The molecule has 1 N–H and O–H groups in total. The first kappa shape index (κ1) is 19.4. The van der Waals surface area contributed by atoms with Gasteiger partial charge in [-0.1, -0.05) is 24.3 Å². The summed E-state index contributed by atoms with van der Waals surface area (Å²) in [7, 11) is 3.56. The summed E-state index contributed by atoms with van der Waals surface area (Å²) >= 11 is 1.91. The fraction of sp³-hybridized carbons (Fsp3) is 0.318. The minimum atomic E-state index is -0.0310. The second-order valence-corrected chi connectivity index (χ2v) is 7.71. The minimum absolute atomic E-state index is 0.0310. The highest BCUT2D eigenvalue weighted by Gasteiger charge is 2.13. The maximum Gasteiger partial charge on any atom is 0.267 e. The summed E-state index contributed by atoms with van der Waals surface area (Å²) in [4.78, 5) is 12.5. The van der Waals surface area contributed by atoms with Gasteiger partial charge in [-0.05, 0) is 48.4 Å². The van der Waals surface area contributed by atoms with E-state index in [-0.39, 0.29) is 5.91 Å². The molecular weight excluding hydrogens is 356 g/mol. The van der Waals surface area contributed by atoms with Crippen molar-refractivity contribution in [1.29, 1.82) is 0 Å². The standard InChI is InChI=1S/C22H26N2O2S/c1-16-7-4-5-8-18(16)15-27-12-6-11-23-22(25)21-13-17-9-10-19(26-3)14-20(17)24(21)2/h4-5,7-10,13-14H,6,11-12,15H2,1-3H3,(H,23,25). The van der Waals surface area contributed by atoms with Crippen LogP contribution in [0.2, 0.25) is 0 Å². The molecular formula is C22H26N2O2S. The molecule has 0 fully saturated rings. The van der Waals surface area contributed by atoms with E-state index >= 15 is 0 Å². The maximum atomic E-state index is 12.5. The molecule has 5 heteroatoms. The van der Waals surface area contributed by atoms with Crippen molar-refractivity contribution in [2.45, 2.75) is 19.1 Å². The summed E-state index contributed by atoms with van der Waals surface area (Å²) < 4.78 is 7.19. The SMILES string of the molecule is COc1ccc2cc(C(=O)NCCCSCc3ccccc3C)n(C)c2c1. The lowest BCUT2D eigenvalue weighted by Crippen LogP contribution is -2.26. The van der Waals surface area contributed by atoms with Crippen LogP contribution in [0.4, 0.5) is 0 Å². The Morgan fingerprint density at radius 2 is 2.00 bits per heavy atom. The van der Waals surface area contributed by atoms with Gasteiger partial charge in [-0.2, -0.15) is 11.8 Å². The number of carbonyl (C=O) groups excluding carboxylic acids is 1. The summed E-state index contributed by atoms with van der Waals surface area (Å²) in [5.74, 6) is 2.81. The van der Waals surface area contributed by atoms with E-state index < -0.39 is 0 Å². The predicted molar refractivity (Wildman–Crippen MR) is 114 cm³/mol. The molecule has 0 radical (unpaired) electrons. The van der Waals surface area contributed by atoms with Crippen molar-refractivity contribution in [2.75, 3.05) is 19.4 Å². The second kappa shape index (κ2) is 9.00. The van der Waals surface area contributed by atoms with Crippen molar-refractivity contribution in [3.8, 4) is 5.75 Å². The fourth-order valence-corrected chi connectivity index (χ4v) is 4.11. The molecule has 142 valence electrons. The molecule has 0 aliphatic rings. The molecule has 0 aliphatic carbocycles. The number of fused-ring (bicyclic) bond motifs is 1. The summed E-state index contributed by atoms with van der Waals surface area (Å²) in [5.41, 5.74) is 4.39. The Morgan fingerprint density at radius 3 is 2.78 bits per heavy atom. The van der Waals surface area contributed by atoms with Gasteiger partial charge < -0.3 is 14.6 Å². The van der Waals surface area contributed by atoms with E-state index in [1.165, 1.54) is 11.1 Å². The van der Waals surface area contributed by atoms with Crippen molar-refractivity contribution in [3.05, 3.63) is 65.4 Å². The lowest BCUT2D eigenvalue weighted by Gasteiger charge is -2.08. The van der Waals surface area contributed by atoms with Crippen LogP contribution in [0.5, 0.6) is 5.75 Å². The van der Waals surface area contributed by atoms with Crippen LogP contribution in [-0.2, 0) is 12.8 Å². The predicted octanol–water partition coefficient (Wildman–Crippen LogP) is 4.55. The molecule has 3 rings (SSSR count). The van der Waals surface area contributed by atoms with Crippen LogP contribution in [-0.4, -0.2) is 29.9 Å². The molecule has 1 aromatic heterocycles. The number of hydrogen-bond acceptors (Lipinski definition) is 3. The van der Waals surface area contributed by atoms with Crippen LogP contribution in [0.3, 0.4) is 0 Å². The number of benzene rings is 2. The van der Waals surface area contributed by atoms with Gasteiger partial charge in [-0.15, -0.1) is 0 Å². The number of rotatable bonds is 8. The second-order valence-electron chi connectivity index (χ2n) is 6.60. The molecule has 0 atom stereocenters. The summed E-state index contributed by atoms with van der Waals surface area (Å²) in [6.45, 7) is 2.83.